The van der Waals surface area contributed by atoms with Gasteiger partial charge in [0.2, 0.25) is 5.91 Å². The molecular weight excluding hydrogens is 228 g/mol. The molecule has 100 valence electrons. The Morgan fingerprint density at radius 1 is 1.39 bits per heavy atom. The summed E-state index contributed by atoms with van der Waals surface area (Å²) in [5.74, 6) is 0.127. The number of hydrogen-bond donors (Lipinski definition) is 3. The van der Waals surface area contributed by atoms with E-state index in [9.17, 15) is 4.79 Å². The van der Waals surface area contributed by atoms with Crippen LogP contribution < -0.4 is 11.1 Å². The topological polar surface area (TPSA) is 75.3 Å². The second-order valence-electron chi connectivity index (χ2n) is 4.61. The number of benzene rings is 1. The lowest BCUT2D eigenvalue weighted by Crippen LogP contribution is -2.34. The molecule has 2 atom stereocenters. The van der Waals surface area contributed by atoms with E-state index in [1.165, 1.54) is 0 Å². The van der Waals surface area contributed by atoms with Crippen LogP contribution in [0.25, 0.3) is 0 Å². The highest BCUT2D eigenvalue weighted by molar-refractivity contribution is 5.82. The van der Waals surface area contributed by atoms with Crippen molar-refractivity contribution in [3.05, 3.63) is 35.9 Å². The second-order valence-corrected chi connectivity index (χ2v) is 4.61. The lowest BCUT2D eigenvalue weighted by atomic mass is 10.1. The van der Waals surface area contributed by atoms with E-state index in [0.29, 0.717) is 6.54 Å². The minimum Gasteiger partial charge on any atom is -0.396 e. The van der Waals surface area contributed by atoms with Crippen LogP contribution in [0.5, 0.6) is 0 Å². The molecule has 0 aliphatic rings. The smallest absolute Gasteiger partial charge is 0.241 e. The monoisotopic (exact) mass is 250 g/mol. The Morgan fingerprint density at radius 2 is 2.06 bits per heavy atom. The summed E-state index contributed by atoms with van der Waals surface area (Å²) in [6.07, 6.45) is 1.76. The summed E-state index contributed by atoms with van der Waals surface area (Å²) in [5.41, 5.74) is 6.67. The van der Waals surface area contributed by atoms with E-state index in [2.05, 4.69) is 5.32 Å². The van der Waals surface area contributed by atoms with Gasteiger partial charge in [-0.25, -0.2) is 0 Å². The van der Waals surface area contributed by atoms with E-state index in [1.807, 2.05) is 37.3 Å². The van der Waals surface area contributed by atoms with Gasteiger partial charge < -0.3 is 16.2 Å². The molecule has 4 heteroatoms. The van der Waals surface area contributed by atoms with Gasteiger partial charge in [-0.2, -0.15) is 0 Å². The fraction of sp³-hybridized carbons (Fsp3) is 0.500. The molecule has 4 N–H and O–H groups in total. The van der Waals surface area contributed by atoms with Gasteiger partial charge in [0.05, 0.1) is 0 Å². The van der Waals surface area contributed by atoms with Crippen molar-refractivity contribution in [2.24, 2.45) is 11.7 Å². The Kier molecular flexibility index (Phi) is 6.39. The predicted molar refractivity (Wildman–Crippen MR) is 71.9 cm³/mol. The maximum absolute atomic E-state index is 11.8. The van der Waals surface area contributed by atoms with Gasteiger partial charge in [0, 0.05) is 13.2 Å². The lowest BCUT2D eigenvalue weighted by molar-refractivity contribution is -0.122. The summed E-state index contributed by atoms with van der Waals surface area (Å²) in [6.45, 7) is 2.78. The summed E-state index contributed by atoms with van der Waals surface area (Å²) in [5, 5.41) is 11.7. The van der Waals surface area contributed by atoms with Gasteiger partial charge >= 0.3 is 0 Å². The van der Waals surface area contributed by atoms with Crippen LogP contribution in [0, 0.1) is 5.92 Å². The first-order valence-corrected chi connectivity index (χ1v) is 6.34. The Labute approximate surface area is 108 Å². The number of carbonyl (C=O) groups is 1. The highest BCUT2D eigenvalue weighted by Crippen LogP contribution is 2.09. The van der Waals surface area contributed by atoms with E-state index in [1.54, 1.807) is 0 Å². The van der Waals surface area contributed by atoms with Crippen molar-refractivity contribution >= 4 is 5.91 Å². The average Bonchev–Trinajstić information content (AvgIpc) is 2.43. The largest absolute Gasteiger partial charge is 0.396 e. The summed E-state index contributed by atoms with van der Waals surface area (Å²) in [7, 11) is 0. The van der Waals surface area contributed by atoms with Gasteiger partial charge in [-0.05, 0) is 24.3 Å². The first-order valence-electron chi connectivity index (χ1n) is 6.34. The van der Waals surface area contributed by atoms with Crippen LogP contribution in [0.4, 0.5) is 0 Å². The summed E-state index contributed by atoms with van der Waals surface area (Å²) < 4.78 is 0. The van der Waals surface area contributed by atoms with Crippen LogP contribution >= 0.6 is 0 Å². The number of nitrogens with one attached hydrogen (secondary N) is 1. The zero-order valence-electron chi connectivity index (χ0n) is 10.8. The van der Waals surface area contributed by atoms with Gasteiger partial charge in [-0.3, -0.25) is 4.79 Å². The first kappa shape index (κ1) is 14.7. The van der Waals surface area contributed by atoms with Gasteiger partial charge in [-0.15, -0.1) is 0 Å². The van der Waals surface area contributed by atoms with Gasteiger partial charge in [0.1, 0.15) is 6.04 Å². The molecule has 1 aromatic carbocycles. The average molecular weight is 250 g/mol. The van der Waals surface area contributed by atoms with Crippen LogP contribution in [-0.4, -0.2) is 24.2 Å². The molecule has 0 saturated heterocycles. The fourth-order valence-corrected chi connectivity index (χ4v) is 1.68. The third-order valence-electron chi connectivity index (χ3n) is 2.93. The van der Waals surface area contributed by atoms with Gasteiger partial charge in [-0.1, -0.05) is 37.3 Å². The maximum Gasteiger partial charge on any atom is 0.241 e. The van der Waals surface area contributed by atoms with Gasteiger partial charge in [0.25, 0.3) is 0 Å². The van der Waals surface area contributed by atoms with Crippen molar-refractivity contribution in [3.63, 3.8) is 0 Å². The molecule has 1 unspecified atom stereocenters. The molecule has 1 rings (SSSR count). The van der Waals surface area contributed by atoms with E-state index in [0.717, 1.165) is 18.4 Å². The number of aliphatic hydroxyl groups is 1. The molecule has 0 heterocycles. The standard InChI is InChI=1S/C14H22N2O2/c1-11(10-17)6-5-9-16-14(18)13(15)12-7-3-2-4-8-12/h2-4,7-8,11,13,17H,5-6,9-10,15H2,1H3,(H,16,18)/t11?,13-/m1/s1. The molecule has 0 aliphatic carbocycles. The minimum atomic E-state index is -0.610. The van der Waals surface area contributed by atoms with Crippen LogP contribution in [0.2, 0.25) is 0 Å². The second kappa shape index (κ2) is 7.84. The molecule has 4 nitrogen and oxygen atoms in total. The Morgan fingerprint density at radius 3 is 2.67 bits per heavy atom. The van der Waals surface area contributed by atoms with Gasteiger partial charge in [0.15, 0.2) is 0 Å². The molecule has 18 heavy (non-hydrogen) atoms. The summed E-state index contributed by atoms with van der Waals surface area (Å²) in [4.78, 5) is 11.8. The van der Waals surface area contributed by atoms with E-state index in [4.69, 9.17) is 10.8 Å². The third-order valence-corrected chi connectivity index (χ3v) is 2.93. The van der Waals surface area contributed by atoms with Crippen molar-refractivity contribution in [1.82, 2.24) is 5.32 Å². The predicted octanol–water partition coefficient (Wildman–Crippen LogP) is 1.21. The Balaban J connectivity index is 2.29. The molecule has 0 bridgehead atoms. The highest BCUT2D eigenvalue weighted by Gasteiger charge is 2.14. The number of rotatable bonds is 7. The molecule has 1 amide bonds. The molecule has 0 aliphatic heterocycles. The first-order chi connectivity index (χ1) is 8.65. The number of carbonyl (C=O) groups excluding carboxylic acids is 1. The molecule has 0 radical (unpaired) electrons. The number of nitrogens with two attached hydrogens (primary N) is 1. The van der Waals surface area contributed by atoms with Crippen molar-refractivity contribution in [2.45, 2.75) is 25.8 Å². The van der Waals surface area contributed by atoms with Crippen molar-refractivity contribution in [1.29, 1.82) is 0 Å². The number of hydrogen-bond acceptors (Lipinski definition) is 3. The van der Waals surface area contributed by atoms with E-state index < -0.39 is 6.04 Å². The SMILES string of the molecule is CC(CO)CCCNC(=O)[C@H](N)c1ccccc1. The zero-order chi connectivity index (χ0) is 13.4. The third kappa shape index (κ3) is 4.85. The number of amides is 1. The number of aliphatic hydroxyl groups excluding tert-OH is 1. The summed E-state index contributed by atoms with van der Waals surface area (Å²) >= 11 is 0. The molecule has 1 aromatic rings. The molecule has 0 fully saturated rings. The van der Waals surface area contributed by atoms with Crippen molar-refractivity contribution < 1.29 is 9.90 Å². The molecule has 0 saturated carbocycles. The van der Waals surface area contributed by atoms with Crippen molar-refractivity contribution in [2.75, 3.05) is 13.2 Å². The molecule has 0 spiro atoms. The lowest BCUT2D eigenvalue weighted by Gasteiger charge is -2.13. The Bertz CT molecular complexity index is 354. The minimum absolute atomic E-state index is 0.155. The normalized spacial score (nSPS) is 13.9. The zero-order valence-corrected chi connectivity index (χ0v) is 10.8. The Hall–Kier alpha value is -1.39. The van der Waals surface area contributed by atoms with E-state index in [-0.39, 0.29) is 18.4 Å². The maximum atomic E-state index is 11.8. The van der Waals surface area contributed by atoms with Crippen LogP contribution in [-0.2, 0) is 4.79 Å². The van der Waals surface area contributed by atoms with Crippen LogP contribution in [0.15, 0.2) is 30.3 Å². The highest BCUT2D eigenvalue weighted by atomic mass is 16.3. The fourth-order valence-electron chi connectivity index (χ4n) is 1.68. The van der Waals surface area contributed by atoms with Crippen LogP contribution in [0.1, 0.15) is 31.4 Å². The van der Waals surface area contributed by atoms with E-state index >= 15 is 0 Å². The molecular formula is C14H22N2O2. The van der Waals surface area contributed by atoms with Crippen molar-refractivity contribution in [3.8, 4) is 0 Å². The quantitative estimate of drug-likeness (QED) is 0.637. The van der Waals surface area contributed by atoms with Crippen LogP contribution in [0.3, 0.4) is 0 Å². The summed E-state index contributed by atoms with van der Waals surface area (Å²) in [6, 6.07) is 8.71. The molecule has 0 aromatic heterocycles.